The van der Waals surface area contributed by atoms with Crippen molar-refractivity contribution in [3.8, 4) is 0 Å². The Morgan fingerprint density at radius 1 is 1.10 bits per heavy atom. The van der Waals surface area contributed by atoms with Gasteiger partial charge in [-0.25, -0.2) is 12.8 Å². The van der Waals surface area contributed by atoms with E-state index in [9.17, 15) is 12.8 Å². The van der Waals surface area contributed by atoms with E-state index in [2.05, 4.69) is 0 Å². The highest BCUT2D eigenvalue weighted by atomic mass is 35.5. The molecule has 0 amide bonds. The van der Waals surface area contributed by atoms with E-state index in [1.807, 2.05) is 0 Å². The summed E-state index contributed by atoms with van der Waals surface area (Å²) in [5.74, 6) is -1.16. The molecule has 0 aliphatic rings. The largest absolute Gasteiger partial charge is 0.399 e. The zero-order chi connectivity index (χ0) is 14.9. The molecule has 0 bridgehead atoms. The van der Waals surface area contributed by atoms with Crippen LogP contribution in [0.1, 0.15) is 5.56 Å². The van der Waals surface area contributed by atoms with E-state index in [0.29, 0.717) is 5.69 Å². The van der Waals surface area contributed by atoms with Crippen molar-refractivity contribution in [2.45, 2.75) is 10.6 Å². The van der Waals surface area contributed by atoms with Crippen molar-refractivity contribution in [2.24, 2.45) is 0 Å². The number of sulfone groups is 1. The number of nitrogens with two attached hydrogens (primary N) is 1. The molecular formula is C13H10Cl2FNO2S. The third-order valence-corrected chi connectivity index (χ3v) is 5.02. The Balaban J connectivity index is 2.43. The van der Waals surface area contributed by atoms with Gasteiger partial charge in [0.05, 0.1) is 15.7 Å². The number of hydrogen-bond donors (Lipinski definition) is 1. The standard InChI is InChI=1S/C13H10Cl2FNO2S/c14-9-1-3-12(16)8(5-9)7-20(18,19)13-4-2-10(17)6-11(13)15/h1-6H,7,17H2. The zero-order valence-corrected chi connectivity index (χ0v) is 12.4. The topological polar surface area (TPSA) is 60.2 Å². The molecule has 106 valence electrons. The molecule has 20 heavy (non-hydrogen) atoms. The van der Waals surface area contributed by atoms with Gasteiger partial charge in [-0.3, -0.25) is 0 Å². The Bertz CT molecular complexity index is 763. The summed E-state index contributed by atoms with van der Waals surface area (Å²) in [6.45, 7) is 0. The molecule has 0 aromatic heterocycles. The van der Waals surface area contributed by atoms with Crippen molar-refractivity contribution in [3.63, 3.8) is 0 Å². The van der Waals surface area contributed by atoms with Gasteiger partial charge in [0.15, 0.2) is 9.84 Å². The molecule has 0 aliphatic carbocycles. The second-order valence-electron chi connectivity index (χ2n) is 4.18. The monoisotopic (exact) mass is 333 g/mol. The number of benzene rings is 2. The molecule has 0 saturated carbocycles. The quantitative estimate of drug-likeness (QED) is 0.871. The maximum absolute atomic E-state index is 13.6. The third kappa shape index (κ3) is 3.23. The molecule has 7 heteroatoms. The first-order valence-electron chi connectivity index (χ1n) is 5.51. The summed E-state index contributed by atoms with van der Waals surface area (Å²) in [6.07, 6.45) is 0. The molecule has 0 atom stereocenters. The van der Waals surface area contributed by atoms with Gasteiger partial charge in [-0.1, -0.05) is 23.2 Å². The maximum Gasteiger partial charge on any atom is 0.184 e. The van der Waals surface area contributed by atoms with Crippen molar-refractivity contribution >= 4 is 38.7 Å². The van der Waals surface area contributed by atoms with E-state index in [4.69, 9.17) is 28.9 Å². The van der Waals surface area contributed by atoms with Gasteiger partial charge >= 0.3 is 0 Å². The molecule has 0 saturated heterocycles. The molecular weight excluding hydrogens is 324 g/mol. The van der Waals surface area contributed by atoms with Crippen molar-refractivity contribution < 1.29 is 12.8 Å². The molecule has 0 spiro atoms. The Morgan fingerprint density at radius 3 is 2.45 bits per heavy atom. The second-order valence-corrected chi connectivity index (χ2v) is 6.99. The summed E-state index contributed by atoms with van der Waals surface area (Å²) >= 11 is 11.6. The molecule has 0 unspecified atom stereocenters. The van der Waals surface area contributed by atoms with E-state index in [0.717, 1.165) is 6.07 Å². The van der Waals surface area contributed by atoms with Gasteiger partial charge in [0.2, 0.25) is 0 Å². The highest BCUT2D eigenvalue weighted by molar-refractivity contribution is 7.90. The van der Waals surface area contributed by atoms with Crippen LogP contribution in [0, 0.1) is 5.82 Å². The zero-order valence-electron chi connectivity index (χ0n) is 10.1. The lowest BCUT2D eigenvalue weighted by molar-refractivity contribution is 0.587. The van der Waals surface area contributed by atoms with Gasteiger partial charge in [0, 0.05) is 16.3 Å². The molecule has 0 aliphatic heterocycles. The molecule has 2 rings (SSSR count). The minimum absolute atomic E-state index is 0.00689. The fourth-order valence-corrected chi connectivity index (χ4v) is 3.86. The normalized spacial score (nSPS) is 11.6. The summed E-state index contributed by atoms with van der Waals surface area (Å²) in [5.41, 5.74) is 5.85. The molecule has 2 aromatic rings. The Hall–Kier alpha value is -1.30. The Morgan fingerprint density at radius 2 is 1.80 bits per heavy atom. The van der Waals surface area contributed by atoms with E-state index in [1.165, 1.54) is 30.3 Å². The maximum atomic E-state index is 13.6. The predicted molar refractivity (Wildman–Crippen MR) is 78.2 cm³/mol. The molecule has 0 heterocycles. The minimum Gasteiger partial charge on any atom is -0.399 e. The lowest BCUT2D eigenvalue weighted by Crippen LogP contribution is -2.07. The van der Waals surface area contributed by atoms with E-state index < -0.39 is 21.4 Å². The SMILES string of the molecule is Nc1ccc(S(=O)(=O)Cc2cc(Cl)ccc2F)c(Cl)c1. The summed E-state index contributed by atoms with van der Waals surface area (Å²) in [5, 5.41) is 0.271. The van der Waals surface area contributed by atoms with Crippen LogP contribution >= 0.6 is 23.2 Å². The van der Waals surface area contributed by atoms with Crippen LogP contribution in [-0.4, -0.2) is 8.42 Å². The number of anilines is 1. The first-order chi connectivity index (χ1) is 9.29. The van der Waals surface area contributed by atoms with Gasteiger partial charge < -0.3 is 5.73 Å². The van der Waals surface area contributed by atoms with E-state index >= 15 is 0 Å². The number of hydrogen-bond acceptors (Lipinski definition) is 3. The van der Waals surface area contributed by atoms with E-state index in [-0.39, 0.29) is 20.5 Å². The van der Waals surface area contributed by atoms with Crippen LogP contribution in [0.25, 0.3) is 0 Å². The molecule has 3 nitrogen and oxygen atoms in total. The number of nitrogen functional groups attached to an aromatic ring is 1. The van der Waals surface area contributed by atoms with Crippen LogP contribution in [0.5, 0.6) is 0 Å². The smallest absolute Gasteiger partial charge is 0.184 e. The van der Waals surface area contributed by atoms with Crippen molar-refractivity contribution in [1.29, 1.82) is 0 Å². The molecule has 0 fully saturated rings. The van der Waals surface area contributed by atoms with Crippen molar-refractivity contribution in [3.05, 3.63) is 57.8 Å². The molecule has 2 aromatic carbocycles. The van der Waals surface area contributed by atoms with Gasteiger partial charge in [0.1, 0.15) is 5.82 Å². The van der Waals surface area contributed by atoms with Gasteiger partial charge in [-0.05, 0) is 36.4 Å². The lowest BCUT2D eigenvalue weighted by atomic mass is 10.2. The average molecular weight is 334 g/mol. The first kappa shape index (κ1) is 15.1. The summed E-state index contributed by atoms with van der Waals surface area (Å²) in [4.78, 5) is -0.0901. The molecule has 0 radical (unpaired) electrons. The lowest BCUT2D eigenvalue weighted by Gasteiger charge is -2.08. The van der Waals surface area contributed by atoms with Crippen LogP contribution in [0.2, 0.25) is 10.0 Å². The van der Waals surface area contributed by atoms with Gasteiger partial charge in [0.25, 0.3) is 0 Å². The van der Waals surface area contributed by atoms with Crippen LogP contribution in [0.4, 0.5) is 10.1 Å². The van der Waals surface area contributed by atoms with Crippen molar-refractivity contribution in [1.82, 2.24) is 0 Å². The fraction of sp³-hybridized carbons (Fsp3) is 0.0769. The van der Waals surface area contributed by atoms with Crippen LogP contribution in [-0.2, 0) is 15.6 Å². The Kier molecular flexibility index (Phi) is 4.22. The number of rotatable bonds is 3. The fourth-order valence-electron chi connectivity index (χ4n) is 1.71. The van der Waals surface area contributed by atoms with Crippen LogP contribution < -0.4 is 5.73 Å². The van der Waals surface area contributed by atoms with Gasteiger partial charge in [-0.15, -0.1) is 0 Å². The number of halogens is 3. The average Bonchev–Trinajstić information content (AvgIpc) is 2.33. The third-order valence-electron chi connectivity index (χ3n) is 2.64. The summed E-state index contributed by atoms with van der Waals surface area (Å²) in [7, 11) is -3.79. The summed E-state index contributed by atoms with van der Waals surface area (Å²) in [6, 6.07) is 7.81. The van der Waals surface area contributed by atoms with Crippen LogP contribution in [0.3, 0.4) is 0 Å². The van der Waals surface area contributed by atoms with Gasteiger partial charge in [-0.2, -0.15) is 0 Å². The second kappa shape index (κ2) is 5.60. The highest BCUT2D eigenvalue weighted by Crippen LogP contribution is 2.28. The highest BCUT2D eigenvalue weighted by Gasteiger charge is 2.21. The molecule has 2 N–H and O–H groups in total. The van der Waals surface area contributed by atoms with Crippen LogP contribution in [0.15, 0.2) is 41.3 Å². The first-order valence-corrected chi connectivity index (χ1v) is 7.92. The van der Waals surface area contributed by atoms with E-state index in [1.54, 1.807) is 0 Å². The Labute approximate surface area is 126 Å². The predicted octanol–water partition coefficient (Wildman–Crippen LogP) is 3.69. The van der Waals surface area contributed by atoms with Crippen molar-refractivity contribution in [2.75, 3.05) is 5.73 Å². The minimum atomic E-state index is -3.79. The summed E-state index contributed by atoms with van der Waals surface area (Å²) < 4.78 is 38.1.